The Morgan fingerprint density at radius 2 is 1.54 bits per heavy atom. The van der Waals surface area contributed by atoms with E-state index < -0.39 is 18.5 Å². The first-order chi connectivity index (χ1) is 17.0. The number of carbonyl (C=O) groups excluding carboxylic acids is 3. The van der Waals surface area contributed by atoms with Gasteiger partial charge in [-0.1, -0.05) is 68.3 Å². The Balaban J connectivity index is 1.38. The van der Waals surface area contributed by atoms with Crippen LogP contribution in [0.15, 0.2) is 78.9 Å². The minimum absolute atomic E-state index is 0.0362. The summed E-state index contributed by atoms with van der Waals surface area (Å²) in [6.07, 6.45) is 4.46. The highest BCUT2D eigenvalue weighted by Crippen LogP contribution is 2.23. The van der Waals surface area contributed by atoms with Crippen LogP contribution in [0.1, 0.15) is 54.9 Å². The molecule has 182 valence electrons. The van der Waals surface area contributed by atoms with Crippen LogP contribution < -0.4 is 10.1 Å². The number of ether oxygens (including phenoxy) is 2. The monoisotopic (exact) mass is 473 g/mol. The first kappa shape index (κ1) is 25.7. The fourth-order valence-electron chi connectivity index (χ4n) is 3.47. The van der Waals surface area contributed by atoms with Gasteiger partial charge in [0, 0.05) is 23.7 Å². The zero-order valence-electron chi connectivity index (χ0n) is 20.0. The van der Waals surface area contributed by atoms with E-state index in [9.17, 15) is 14.4 Å². The van der Waals surface area contributed by atoms with E-state index in [-0.39, 0.29) is 18.6 Å². The molecule has 3 aromatic rings. The number of rotatable bonds is 13. The fourth-order valence-corrected chi connectivity index (χ4v) is 3.47. The highest BCUT2D eigenvalue weighted by atomic mass is 16.5. The lowest BCUT2D eigenvalue weighted by Gasteiger charge is -2.09. The highest BCUT2D eigenvalue weighted by molar-refractivity contribution is 5.98. The molecule has 3 aromatic carbocycles. The zero-order chi connectivity index (χ0) is 24.9. The molecule has 0 bridgehead atoms. The lowest BCUT2D eigenvalue weighted by atomic mass is 10.0. The van der Waals surface area contributed by atoms with Gasteiger partial charge in [-0.15, -0.1) is 0 Å². The summed E-state index contributed by atoms with van der Waals surface area (Å²) in [5.41, 5.74) is 2.30. The molecule has 0 radical (unpaired) electrons. The summed E-state index contributed by atoms with van der Waals surface area (Å²) in [6.45, 7) is 1.74. The van der Waals surface area contributed by atoms with E-state index in [2.05, 4.69) is 12.2 Å². The number of hydrogen-bond acceptors (Lipinski definition) is 5. The Hall–Kier alpha value is -3.93. The molecule has 0 atom stereocenters. The first-order valence-electron chi connectivity index (χ1n) is 11.9. The van der Waals surface area contributed by atoms with Gasteiger partial charge in [0.25, 0.3) is 5.91 Å². The van der Waals surface area contributed by atoms with E-state index in [1.54, 1.807) is 36.4 Å². The van der Waals surface area contributed by atoms with Gasteiger partial charge in [0.15, 0.2) is 12.4 Å². The molecule has 6 nitrogen and oxygen atoms in total. The van der Waals surface area contributed by atoms with Crippen LogP contribution in [-0.2, 0) is 20.7 Å². The van der Waals surface area contributed by atoms with Crippen LogP contribution >= 0.6 is 0 Å². The number of para-hydroxylation sites is 1. The van der Waals surface area contributed by atoms with Crippen LogP contribution in [0.25, 0.3) is 0 Å². The lowest BCUT2D eigenvalue weighted by Crippen LogP contribution is -2.21. The van der Waals surface area contributed by atoms with Gasteiger partial charge in [-0.2, -0.15) is 0 Å². The van der Waals surface area contributed by atoms with Crippen LogP contribution in [-0.4, -0.2) is 24.3 Å². The maximum absolute atomic E-state index is 12.4. The number of nitrogens with one attached hydrogen (secondary N) is 1. The SMILES string of the molecule is CCCCCc1ccc(C(=O)CCC(=O)OCC(=O)Nc2cccc(Oc3ccccc3)c2)cc1. The molecule has 0 unspecified atom stereocenters. The third-order valence-electron chi connectivity index (χ3n) is 5.36. The van der Waals surface area contributed by atoms with Crippen LogP contribution in [0.2, 0.25) is 0 Å². The van der Waals surface area contributed by atoms with Crippen LogP contribution in [0.4, 0.5) is 5.69 Å². The third kappa shape index (κ3) is 9.08. The van der Waals surface area contributed by atoms with Crippen LogP contribution in [0.5, 0.6) is 11.5 Å². The number of ketones is 1. The van der Waals surface area contributed by atoms with Crippen molar-refractivity contribution in [3.05, 3.63) is 90.0 Å². The zero-order valence-corrected chi connectivity index (χ0v) is 20.0. The minimum Gasteiger partial charge on any atom is -0.457 e. The Labute approximate surface area is 206 Å². The molecule has 0 spiro atoms. The molecule has 0 aliphatic carbocycles. The summed E-state index contributed by atoms with van der Waals surface area (Å²) in [5, 5.41) is 2.67. The molecular formula is C29H31NO5. The van der Waals surface area contributed by atoms with Gasteiger partial charge in [-0.3, -0.25) is 14.4 Å². The van der Waals surface area contributed by atoms with E-state index >= 15 is 0 Å². The number of esters is 1. The van der Waals surface area contributed by atoms with Crippen molar-refractivity contribution in [2.24, 2.45) is 0 Å². The number of anilines is 1. The standard InChI is InChI=1S/C29H31NO5/c1-2-3-5-9-22-14-16-23(17-15-22)27(31)18-19-29(33)34-21-28(32)30-24-10-8-13-26(20-24)35-25-11-6-4-7-12-25/h4,6-8,10-17,20H,2-3,5,9,18-19,21H2,1H3,(H,30,32). The largest absolute Gasteiger partial charge is 0.457 e. The number of Topliss-reactive ketones (excluding diaryl/α,β-unsaturated/α-hetero) is 1. The van der Waals surface area contributed by atoms with Crippen LogP contribution in [0, 0.1) is 0 Å². The van der Waals surface area contributed by atoms with Gasteiger partial charge in [0.1, 0.15) is 11.5 Å². The number of hydrogen-bond donors (Lipinski definition) is 1. The maximum atomic E-state index is 12.4. The summed E-state index contributed by atoms with van der Waals surface area (Å²) in [4.78, 5) is 36.6. The predicted molar refractivity (Wildman–Crippen MR) is 136 cm³/mol. The summed E-state index contributed by atoms with van der Waals surface area (Å²) in [7, 11) is 0. The summed E-state index contributed by atoms with van der Waals surface area (Å²) >= 11 is 0. The Kier molecular flexibility index (Phi) is 10.1. The van der Waals surface area contributed by atoms with Gasteiger partial charge in [0.2, 0.25) is 0 Å². The predicted octanol–water partition coefficient (Wildman–Crippen LogP) is 6.36. The Morgan fingerprint density at radius 3 is 2.29 bits per heavy atom. The van der Waals surface area contributed by atoms with Gasteiger partial charge >= 0.3 is 5.97 Å². The van der Waals surface area contributed by atoms with Crippen molar-refractivity contribution in [3.8, 4) is 11.5 Å². The van der Waals surface area contributed by atoms with E-state index in [0.717, 1.165) is 12.8 Å². The minimum atomic E-state index is -0.592. The van der Waals surface area contributed by atoms with E-state index in [1.807, 2.05) is 42.5 Å². The molecule has 35 heavy (non-hydrogen) atoms. The second kappa shape index (κ2) is 13.7. The Morgan fingerprint density at radius 1 is 0.800 bits per heavy atom. The molecule has 1 N–H and O–H groups in total. The molecule has 6 heteroatoms. The summed E-state index contributed by atoms with van der Waals surface area (Å²) in [6, 6.07) is 23.8. The summed E-state index contributed by atoms with van der Waals surface area (Å²) < 4.78 is 10.8. The molecular weight excluding hydrogens is 442 g/mol. The van der Waals surface area contributed by atoms with Gasteiger partial charge in [-0.05, 0) is 42.7 Å². The topological polar surface area (TPSA) is 81.7 Å². The van der Waals surface area contributed by atoms with Gasteiger partial charge in [0.05, 0.1) is 6.42 Å². The highest BCUT2D eigenvalue weighted by Gasteiger charge is 2.12. The quantitative estimate of drug-likeness (QED) is 0.178. The smallest absolute Gasteiger partial charge is 0.306 e. The van der Waals surface area contributed by atoms with E-state index in [1.165, 1.54) is 18.4 Å². The average Bonchev–Trinajstić information content (AvgIpc) is 2.87. The molecule has 0 saturated heterocycles. The number of carbonyl (C=O) groups is 3. The van der Waals surface area contributed by atoms with Crippen molar-refractivity contribution in [1.82, 2.24) is 0 Å². The number of aryl methyl sites for hydroxylation is 1. The van der Waals surface area contributed by atoms with E-state index in [4.69, 9.17) is 9.47 Å². The Bertz CT molecular complexity index is 1110. The van der Waals surface area contributed by atoms with Crippen molar-refractivity contribution in [3.63, 3.8) is 0 Å². The van der Waals surface area contributed by atoms with Crippen LogP contribution in [0.3, 0.4) is 0 Å². The maximum Gasteiger partial charge on any atom is 0.306 e. The third-order valence-corrected chi connectivity index (χ3v) is 5.36. The number of amides is 1. The molecule has 0 aromatic heterocycles. The van der Waals surface area contributed by atoms with Gasteiger partial charge < -0.3 is 14.8 Å². The van der Waals surface area contributed by atoms with Crippen molar-refractivity contribution in [2.45, 2.75) is 45.4 Å². The van der Waals surface area contributed by atoms with E-state index in [0.29, 0.717) is 22.7 Å². The molecule has 0 aliphatic rings. The molecule has 1 amide bonds. The summed E-state index contributed by atoms with van der Waals surface area (Å²) in [5.74, 6) is 0.0636. The fraction of sp³-hybridized carbons (Fsp3) is 0.276. The number of benzene rings is 3. The molecule has 0 heterocycles. The molecule has 3 rings (SSSR count). The first-order valence-corrected chi connectivity index (χ1v) is 11.9. The van der Waals surface area contributed by atoms with Crippen molar-refractivity contribution >= 4 is 23.3 Å². The van der Waals surface area contributed by atoms with Crippen molar-refractivity contribution in [1.29, 1.82) is 0 Å². The molecule has 0 fully saturated rings. The van der Waals surface area contributed by atoms with Crippen molar-refractivity contribution in [2.75, 3.05) is 11.9 Å². The second-order valence-corrected chi connectivity index (χ2v) is 8.23. The molecule has 0 aliphatic heterocycles. The average molecular weight is 474 g/mol. The lowest BCUT2D eigenvalue weighted by molar-refractivity contribution is -0.147. The number of unbranched alkanes of at least 4 members (excludes halogenated alkanes) is 2. The normalized spacial score (nSPS) is 10.4. The second-order valence-electron chi connectivity index (χ2n) is 8.23. The van der Waals surface area contributed by atoms with Gasteiger partial charge in [-0.25, -0.2) is 0 Å². The molecule has 0 saturated carbocycles. The van der Waals surface area contributed by atoms with Crippen molar-refractivity contribution < 1.29 is 23.9 Å².